The Labute approximate surface area is 179 Å². The summed E-state index contributed by atoms with van der Waals surface area (Å²) >= 11 is 9.24. The van der Waals surface area contributed by atoms with Gasteiger partial charge in [0.05, 0.1) is 30.6 Å². The van der Waals surface area contributed by atoms with E-state index < -0.39 is 0 Å². The number of carbonyl (C=O) groups is 1. The lowest BCUT2D eigenvalue weighted by Crippen LogP contribution is -2.13. The number of aryl methyl sites for hydroxylation is 1. The van der Waals surface area contributed by atoms with Crippen LogP contribution in [0.1, 0.15) is 15.5 Å². The van der Waals surface area contributed by atoms with Crippen molar-refractivity contribution in [2.45, 2.75) is 6.92 Å². The molecule has 0 unspecified atom stereocenters. The molecule has 5 rings (SSSR count). The summed E-state index contributed by atoms with van der Waals surface area (Å²) in [6.07, 6.45) is 1.70. The number of rotatable bonds is 3. The Morgan fingerprint density at radius 2 is 1.86 bits per heavy atom. The number of amides is 1. The SMILES string of the molecule is Cc1nc(C(=O)Nc2nc3c(cc(Cl)c4ncccc43)s2)c(-c2ccccc2)s1. The van der Waals surface area contributed by atoms with Crippen LogP contribution >= 0.6 is 34.3 Å². The van der Waals surface area contributed by atoms with E-state index in [-0.39, 0.29) is 5.91 Å². The second kappa shape index (κ2) is 7.18. The fourth-order valence-corrected chi connectivity index (χ4v) is 5.33. The maximum Gasteiger partial charge on any atom is 0.277 e. The highest BCUT2D eigenvalue weighted by Crippen LogP contribution is 2.36. The molecule has 0 fully saturated rings. The lowest BCUT2D eigenvalue weighted by molar-refractivity contribution is 0.102. The molecule has 0 aliphatic carbocycles. The Kier molecular flexibility index (Phi) is 4.50. The van der Waals surface area contributed by atoms with Gasteiger partial charge in [0, 0.05) is 11.6 Å². The summed E-state index contributed by atoms with van der Waals surface area (Å²) in [6.45, 7) is 1.90. The van der Waals surface area contributed by atoms with Gasteiger partial charge in [0.15, 0.2) is 5.13 Å². The minimum Gasteiger partial charge on any atom is -0.296 e. The van der Waals surface area contributed by atoms with Gasteiger partial charge >= 0.3 is 0 Å². The summed E-state index contributed by atoms with van der Waals surface area (Å²) in [6, 6.07) is 15.4. The normalized spacial score (nSPS) is 11.2. The van der Waals surface area contributed by atoms with E-state index in [1.54, 1.807) is 6.20 Å². The molecule has 0 radical (unpaired) electrons. The quantitative estimate of drug-likeness (QED) is 0.366. The van der Waals surface area contributed by atoms with Gasteiger partial charge in [-0.1, -0.05) is 53.3 Å². The highest BCUT2D eigenvalue weighted by molar-refractivity contribution is 7.22. The van der Waals surface area contributed by atoms with E-state index >= 15 is 0 Å². The number of nitrogens with one attached hydrogen (secondary N) is 1. The number of nitrogens with zero attached hydrogens (tertiary/aromatic N) is 3. The van der Waals surface area contributed by atoms with Gasteiger partial charge in [-0.2, -0.15) is 0 Å². The molecule has 3 aromatic heterocycles. The summed E-state index contributed by atoms with van der Waals surface area (Å²) in [5, 5.41) is 5.67. The third kappa shape index (κ3) is 3.27. The molecule has 3 heterocycles. The Morgan fingerprint density at radius 3 is 2.69 bits per heavy atom. The predicted octanol–water partition coefficient (Wildman–Crippen LogP) is 6.18. The molecule has 2 aromatic carbocycles. The van der Waals surface area contributed by atoms with Crippen LogP contribution in [0.5, 0.6) is 0 Å². The number of carbonyl (C=O) groups excluding carboxylic acids is 1. The Bertz CT molecular complexity index is 1380. The summed E-state index contributed by atoms with van der Waals surface area (Å²) in [5.41, 5.74) is 2.85. The molecule has 8 heteroatoms. The molecular formula is C21H13ClN4OS2. The van der Waals surface area contributed by atoms with Crippen LogP contribution < -0.4 is 5.32 Å². The van der Waals surface area contributed by atoms with Crippen LogP contribution in [0, 0.1) is 6.92 Å². The molecule has 1 N–H and O–H groups in total. The Hall–Kier alpha value is -2.87. The Balaban J connectivity index is 1.54. The van der Waals surface area contributed by atoms with E-state index in [1.807, 2.05) is 55.5 Å². The molecule has 0 saturated carbocycles. The first-order valence-corrected chi connectivity index (χ1v) is 10.8. The van der Waals surface area contributed by atoms with Gasteiger partial charge < -0.3 is 0 Å². The fourth-order valence-electron chi connectivity index (χ4n) is 3.17. The van der Waals surface area contributed by atoms with Gasteiger partial charge in [0.1, 0.15) is 5.69 Å². The van der Waals surface area contributed by atoms with Crippen LogP contribution in [0.15, 0.2) is 54.7 Å². The zero-order chi connectivity index (χ0) is 20.0. The lowest BCUT2D eigenvalue weighted by Gasteiger charge is -2.02. The second-order valence-electron chi connectivity index (χ2n) is 6.35. The smallest absolute Gasteiger partial charge is 0.277 e. The molecule has 29 heavy (non-hydrogen) atoms. The van der Waals surface area contributed by atoms with Crippen molar-refractivity contribution in [3.05, 3.63) is 70.5 Å². The number of pyridine rings is 1. The maximum absolute atomic E-state index is 13.0. The first-order valence-electron chi connectivity index (χ1n) is 8.78. The Morgan fingerprint density at radius 1 is 1.03 bits per heavy atom. The van der Waals surface area contributed by atoms with E-state index in [0.29, 0.717) is 21.4 Å². The number of halogens is 1. The summed E-state index contributed by atoms with van der Waals surface area (Å²) in [5.74, 6) is -0.277. The topological polar surface area (TPSA) is 67.8 Å². The molecule has 142 valence electrons. The van der Waals surface area contributed by atoms with Gasteiger partial charge in [-0.05, 0) is 30.7 Å². The van der Waals surface area contributed by atoms with Crippen LogP contribution in [0.4, 0.5) is 5.13 Å². The minimum atomic E-state index is -0.277. The van der Waals surface area contributed by atoms with Gasteiger partial charge in [0.25, 0.3) is 5.91 Å². The lowest BCUT2D eigenvalue weighted by atomic mass is 10.1. The summed E-state index contributed by atoms with van der Waals surface area (Å²) in [4.78, 5) is 27.2. The zero-order valence-electron chi connectivity index (χ0n) is 15.1. The van der Waals surface area contributed by atoms with Gasteiger partial charge in [-0.25, -0.2) is 9.97 Å². The van der Waals surface area contributed by atoms with E-state index in [2.05, 4.69) is 20.3 Å². The first kappa shape index (κ1) is 18.2. The average Bonchev–Trinajstić information content (AvgIpc) is 3.32. The standard InChI is InChI=1S/C21H13ClN4OS2/c1-11-24-18(19(28-11)12-6-3-2-4-7-12)20(27)26-21-25-17-13-8-5-9-23-16(13)14(22)10-15(17)29-21/h2-10H,1H3,(H,25,26,27). The molecule has 0 bridgehead atoms. The van der Waals surface area contributed by atoms with Crippen molar-refractivity contribution in [2.24, 2.45) is 0 Å². The molecule has 0 aliphatic rings. The van der Waals surface area contributed by atoms with Crippen molar-refractivity contribution in [3.63, 3.8) is 0 Å². The third-order valence-corrected chi connectivity index (χ3v) is 6.63. The van der Waals surface area contributed by atoms with Crippen molar-refractivity contribution in [1.29, 1.82) is 0 Å². The van der Waals surface area contributed by atoms with Gasteiger partial charge in [-0.3, -0.25) is 15.1 Å². The van der Waals surface area contributed by atoms with Crippen molar-refractivity contribution in [2.75, 3.05) is 5.32 Å². The van der Waals surface area contributed by atoms with Crippen LogP contribution in [0.3, 0.4) is 0 Å². The van der Waals surface area contributed by atoms with Crippen molar-refractivity contribution in [3.8, 4) is 10.4 Å². The van der Waals surface area contributed by atoms with Crippen molar-refractivity contribution in [1.82, 2.24) is 15.0 Å². The second-order valence-corrected chi connectivity index (χ2v) is 9.00. The van der Waals surface area contributed by atoms with E-state index in [1.165, 1.54) is 22.7 Å². The summed E-state index contributed by atoms with van der Waals surface area (Å²) in [7, 11) is 0. The number of aromatic nitrogens is 3. The highest BCUT2D eigenvalue weighted by atomic mass is 35.5. The zero-order valence-corrected chi connectivity index (χ0v) is 17.5. The molecule has 5 nitrogen and oxygen atoms in total. The minimum absolute atomic E-state index is 0.277. The van der Waals surface area contributed by atoms with Crippen LogP contribution in [0.2, 0.25) is 5.02 Å². The van der Waals surface area contributed by atoms with E-state index in [0.717, 1.165) is 31.1 Å². The molecule has 0 spiro atoms. The van der Waals surface area contributed by atoms with Gasteiger partial charge in [0.2, 0.25) is 0 Å². The average molecular weight is 437 g/mol. The summed E-state index contributed by atoms with van der Waals surface area (Å²) < 4.78 is 0.892. The third-order valence-electron chi connectivity index (χ3n) is 4.41. The van der Waals surface area contributed by atoms with E-state index in [9.17, 15) is 4.79 Å². The van der Waals surface area contributed by atoms with Crippen molar-refractivity contribution < 1.29 is 4.79 Å². The van der Waals surface area contributed by atoms with Crippen molar-refractivity contribution >= 4 is 66.4 Å². The largest absolute Gasteiger partial charge is 0.296 e. The van der Waals surface area contributed by atoms with Crippen LogP contribution in [-0.2, 0) is 0 Å². The number of hydrogen-bond acceptors (Lipinski definition) is 6. The fraction of sp³-hybridized carbons (Fsp3) is 0.0476. The number of fused-ring (bicyclic) bond motifs is 3. The highest BCUT2D eigenvalue weighted by Gasteiger charge is 2.20. The molecular weight excluding hydrogens is 424 g/mol. The monoisotopic (exact) mass is 436 g/mol. The first-order chi connectivity index (χ1) is 14.1. The van der Waals surface area contributed by atoms with Crippen LogP contribution in [-0.4, -0.2) is 20.9 Å². The van der Waals surface area contributed by atoms with Gasteiger partial charge in [-0.15, -0.1) is 11.3 Å². The molecule has 0 atom stereocenters. The maximum atomic E-state index is 13.0. The number of anilines is 1. The number of thiazole rings is 2. The molecule has 5 aromatic rings. The van der Waals surface area contributed by atoms with E-state index in [4.69, 9.17) is 11.6 Å². The number of hydrogen-bond donors (Lipinski definition) is 1. The molecule has 1 amide bonds. The number of benzene rings is 2. The molecule has 0 saturated heterocycles. The van der Waals surface area contributed by atoms with Crippen LogP contribution in [0.25, 0.3) is 31.6 Å². The molecule has 0 aliphatic heterocycles. The predicted molar refractivity (Wildman–Crippen MR) is 120 cm³/mol.